The third-order valence-electron chi connectivity index (χ3n) is 6.46. The fourth-order valence-electron chi connectivity index (χ4n) is 4.55. The van der Waals surface area contributed by atoms with Crippen molar-refractivity contribution in [3.8, 4) is 11.3 Å². The predicted octanol–water partition coefficient (Wildman–Crippen LogP) is 7.23. The predicted molar refractivity (Wildman–Crippen MR) is 131 cm³/mol. The lowest BCUT2D eigenvalue weighted by atomic mass is 9.91. The van der Waals surface area contributed by atoms with Gasteiger partial charge in [-0.05, 0) is 80.3 Å². The van der Waals surface area contributed by atoms with E-state index in [0.717, 1.165) is 39.0 Å². The summed E-state index contributed by atoms with van der Waals surface area (Å²) in [5, 5.41) is 1.09. The molecule has 3 aromatic heterocycles. The molecular weight excluding hydrogens is 378 g/mol. The first-order valence-electron chi connectivity index (χ1n) is 11.0. The van der Waals surface area contributed by atoms with Crippen molar-refractivity contribution in [2.75, 3.05) is 0 Å². The molecule has 156 valence electrons. The third kappa shape index (κ3) is 3.03. The Morgan fingerprint density at radius 1 is 0.710 bits per heavy atom. The number of aryl methyl sites for hydroxylation is 4. The lowest BCUT2D eigenvalue weighted by Crippen LogP contribution is -2.13. The van der Waals surface area contributed by atoms with Crippen LogP contribution in [0.2, 0.25) is 0 Å². The van der Waals surface area contributed by atoms with E-state index in [1.54, 1.807) is 0 Å². The highest BCUT2D eigenvalue weighted by molar-refractivity contribution is 6.00. The first-order valence-corrected chi connectivity index (χ1v) is 11.0. The minimum Gasteiger partial charge on any atom is -0.292 e. The SMILES string of the molecule is Cc1cc2nc3c4ccc(C(C)(C)C)nc4cc(-c4c(C)cccc4C)n3c2cc1C. The largest absolute Gasteiger partial charge is 0.292 e. The molecule has 0 atom stereocenters. The first-order chi connectivity index (χ1) is 14.6. The Bertz CT molecular complexity index is 1480. The highest BCUT2D eigenvalue weighted by atomic mass is 15.0. The van der Waals surface area contributed by atoms with Gasteiger partial charge in [-0.25, -0.2) is 4.98 Å². The van der Waals surface area contributed by atoms with Crippen molar-refractivity contribution in [2.45, 2.75) is 53.9 Å². The average Bonchev–Trinajstić information content (AvgIpc) is 3.05. The Balaban J connectivity index is 2.01. The smallest absolute Gasteiger partial charge is 0.147 e. The lowest BCUT2D eigenvalue weighted by Gasteiger charge is -2.19. The molecule has 0 radical (unpaired) electrons. The summed E-state index contributed by atoms with van der Waals surface area (Å²) < 4.78 is 2.33. The molecule has 3 nitrogen and oxygen atoms in total. The van der Waals surface area contributed by atoms with Gasteiger partial charge in [-0.1, -0.05) is 39.0 Å². The molecular formula is C28H29N3. The number of aromatic nitrogens is 3. The van der Waals surface area contributed by atoms with Crippen LogP contribution in [0.4, 0.5) is 0 Å². The van der Waals surface area contributed by atoms with Crippen molar-refractivity contribution < 1.29 is 0 Å². The van der Waals surface area contributed by atoms with Crippen LogP contribution in [-0.2, 0) is 5.41 Å². The second-order valence-electron chi connectivity index (χ2n) is 9.87. The fourth-order valence-corrected chi connectivity index (χ4v) is 4.55. The van der Waals surface area contributed by atoms with Crippen LogP contribution in [0.25, 0.3) is 38.8 Å². The fraction of sp³-hybridized carbons (Fsp3) is 0.286. The summed E-state index contributed by atoms with van der Waals surface area (Å²) in [7, 11) is 0. The van der Waals surface area contributed by atoms with E-state index in [4.69, 9.17) is 9.97 Å². The van der Waals surface area contributed by atoms with Crippen molar-refractivity contribution in [3.05, 3.63) is 76.5 Å². The Morgan fingerprint density at radius 3 is 2.06 bits per heavy atom. The molecule has 31 heavy (non-hydrogen) atoms. The van der Waals surface area contributed by atoms with Crippen LogP contribution in [0.1, 0.15) is 48.7 Å². The number of nitrogens with zero attached hydrogens (tertiary/aromatic N) is 3. The number of hydrogen-bond acceptors (Lipinski definition) is 2. The highest BCUT2D eigenvalue weighted by Crippen LogP contribution is 2.35. The number of hydrogen-bond donors (Lipinski definition) is 0. The number of benzene rings is 2. The van der Waals surface area contributed by atoms with E-state index in [-0.39, 0.29) is 5.41 Å². The molecule has 0 saturated heterocycles. The molecule has 0 fully saturated rings. The summed E-state index contributed by atoms with van der Waals surface area (Å²) in [6.45, 7) is 15.3. The van der Waals surface area contributed by atoms with Crippen molar-refractivity contribution in [1.29, 1.82) is 0 Å². The maximum Gasteiger partial charge on any atom is 0.147 e. The topological polar surface area (TPSA) is 30.2 Å². The van der Waals surface area contributed by atoms with E-state index < -0.39 is 0 Å². The molecule has 2 aromatic carbocycles. The molecule has 0 spiro atoms. The number of imidazole rings is 1. The van der Waals surface area contributed by atoms with Gasteiger partial charge >= 0.3 is 0 Å². The third-order valence-corrected chi connectivity index (χ3v) is 6.46. The quantitative estimate of drug-likeness (QED) is 0.293. The summed E-state index contributed by atoms with van der Waals surface area (Å²) in [6.07, 6.45) is 0. The van der Waals surface area contributed by atoms with Gasteiger partial charge in [0.25, 0.3) is 0 Å². The molecule has 0 aliphatic carbocycles. The van der Waals surface area contributed by atoms with Crippen LogP contribution in [0, 0.1) is 27.7 Å². The summed E-state index contributed by atoms with van der Waals surface area (Å²) >= 11 is 0. The Labute approximate surface area is 183 Å². The maximum absolute atomic E-state index is 5.11. The molecule has 0 aliphatic heterocycles. The zero-order chi connectivity index (χ0) is 22.1. The van der Waals surface area contributed by atoms with Gasteiger partial charge in [-0.3, -0.25) is 9.38 Å². The van der Waals surface area contributed by atoms with Crippen LogP contribution in [0.15, 0.2) is 48.5 Å². The summed E-state index contributed by atoms with van der Waals surface area (Å²) in [6, 6.07) is 17.6. The second-order valence-corrected chi connectivity index (χ2v) is 9.87. The van der Waals surface area contributed by atoms with Crippen molar-refractivity contribution in [3.63, 3.8) is 0 Å². The Kier molecular flexibility index (Phi) is 4.23. The average molecular weight is 408 g/mol. The number of fused-ring (bicyclic) bond motifs is 5. The minimum absolute atomic E-state index is 0.00653. The van der Waals surface area contributed by atoms with Crippen LogP contribution < -0.4 is 0 Å². The molecule has 0 bridgehead atoms. The van der Waals surface area contributed by atoms with E-state index in [1.807, 2.05) is 0 Å². The van der Waals surface area contributed by atoms with Gasteiger partial charge in [0.05, 0.1) is 22.2 Å². The van der Waals surface area contributed by atoms with Gasteiger partial charge < -0.3 is 0 Å². The number of pyridine rings is 2. The van der Waals surface area contributed by atoms with Crippen molar-refractivity contribution in [2.24, 2.45) is 0 Å². The standard InChI is InChI=1S/C28H29N3/c1-16-9-8-10-17(2)26(16)24-15-21-20(11-12-25(29-21)28(5,6)7)27-30-22-13-18(3)19(4)14-23(22)31(24)27/h8-15H,1-7H3. The van der Waals surface area contributed by atoms with Crippen LogP contribution in [0.3, 0.4) is 0 Å². The normalized spacial score (nSPS) is 12.4. The van der Waals surface area contributed by atoms with Crippen LogP contribution in [-0.4, -0.2) is 14.4 Å². The van der Waals surface area contributed by atoms with Crippen molar-refractivity contribution in [1.82, 2.24) is 14.4 Å². The van der Waals surface area contributed by atoms with E-state index in [1.165, 1.54) is 27.8 Å². The zero-order valence-electron chi connectivity index (χ0n) is 19.5. The molecule has 0 N–H and O–H groups in total. The molecule has 0 unspecified atom stereocenters. The first kappa shape index (κ1) is 19.7. The van der Waals surface area contributed by atoms with Gasteiger partial charge in [-0.2, -0.15) is 0 Å². The highest BCUT2D eigenvalue weighted by Gasteiger charge is 2.20. The molecule has 5 rings (SSSR count). The monoisotopic (exact) mass is 407 g/mol. The van der Waals surface area contributed by atoms with Crippen molar-refractivity contribution >= 4 is 27.6 Å². The molecule has 5 aromatic rings. The summed E-state index contributed by atoms with van der Waals surface area (Å²) in [5.74, 6) is 0. The summed E-state index contributed by atoms with van der Waals surface area (Å²) in [5.41, 5.74) is 12.7. The Hall–Kier alpha value is -3.20. The molecule has 3 heteroatoms. The van der Waals surface area contributed by atoms with Gasteiger partial charge in [0.2, 0.25) is 0 Å². The minimum atomic E-state index is -0.00653. The molecule has 0 amide bonds. The lowest BCUT2D eigenvalue weighted by molar-refractivity contribution is 0.571. The molecule has 3 heterocycles. The maximum atomic E-state index is 5.11. The van der Waals surface area contributed by atoms with Gasteiger partial charge in [0.1, 0.15) is 5.65 Å². The van der Waals surface area contributed by atoms with E-state index in [2.05, 4.69) is 101 Å². The molecule has 0 saturated carbocycles. The van der Waals surface area contributed by atoms with E-state index in [9.17, 15) is 0 Å². The van der Waals surface area contributed by atoms with Gasteiger partial charge in [0.15, 0.2) is 0 Å². The van der Waals surface area contributed by atoms with Crippen LogP contribution >= 0.6 is 0 Å². The van der Waals surface area contributed by atoms with Gasteiger partial charge in [0, 0.05) is 22.1 Å². The Morgan fingerprint density at radius 2 is 1.39 bits per heavy atom. The van der Waals surface area contributed by atoms with E-state index in [0.29, 0.717) is 0 Å². The molecule has 0 aliphatic rings. The van der Waals surface area contributed by atoms with Gasteiger partial charge in [-0.15, -0.1) is 0 Å². The zero-order valence-corrected chi connectivity index (χ0v) is 19.5. The number of rotatable bonds is 1. The second kappa shape index (κ2) is 6.65. The van der Waals surface area contributed by atoms with Crippen LogP contribution in [0.5, 0.6) is 0 Å². The van der Waals surface area contributed by atoms with E-state index >= 15 is 0 Å². The summed E-state index contributed by atoms with van der Waals surface area (Å²) in [4.78, 5) is 10.2.